The van der Waals surface area contributed by atoms with E-state index in [4.69, 9.17) is 4.42 Å². The highest BCUT2D eigenvalue weighted by Gasteiger charge is 2.25. The SMILES string of the molecule is c1ccc(C2NCCCC2NCc2cccc3c2oc2ccccc23)cc1. The molecule has 5 rings (SSSR count). The minimum absolute atomic E-state index is 0.356. The van der Waals surface area contributed by atoms with Crippen molar-refractivity contribution in [3.8, 4) is 0 Å². The summed E-state index contributed by atoms with van der Waals surface area (Å²) in [4.78, 5) is 0. The second kappa shape index (κ2) is 7.18. The van der Waals surface area contributed by atoms with Crippen molar-refractivity contribution >= 4 is 21.9 Å². The number of hydrogen-bond donors (Lipinski definition) is 2. The zero-order valence-electron chi connectivity index (χ0n) is 15.3. The van der Waals surface area contributed by atoms with Crippen molar-refractivity contribution < 1.29 is 4.42 Å². The van der Waals surface area contributed by atoms with Gasteiger partial charge in [-0.25, -0.2) is 0 Å². The standard InChI is InChI=1S/C24H24N2O/c1-2-8-17(9-3-1)23-21(13-7-15-25-23)26-16-18-10-6-12-20-19-11-4-5-14-22(19)27-24(18)20/h1-6,8-12,14,21,23,25-26H,7,13,15-16H2. The van der Waals surface area contributed by atoms with Crippen molar-refractivity contribution in [3.05, 3.63) is 83.9 Å². The highest BCUT2D eigenvalue weighted by Crippen LogP contribution is 2.31. The van der Waals surface area contributed by atoms with Crippen molar-refractivity contribution in [2.75, 3.05) is 6.54 Å². The van der Waals surface area contributed by atoms with Crippen LogP contribution >= 0.6 is 0 Å². The van der Waals surface area contributed by atoms with Gasteiger partial charge in [-0.05, 0) is 31.0 Å². The van der Waals surface area contributed by atoms with Crippen molar-refractivity contribution in [2.45, 2.75) is 31.5 Å². The molecule has 3 aromatic carbocycles. The second-order valence-electron chi connectivity index (χ2n) is 7.36. The Morgan fingerprint density at radius 3 is 2.63 bits per heavy atom. The summed E-state index contributed by atoms with van der Waals surface area (Å²) in [7, 11) is 0. The fourth-order valence-electron chi connectivity index (χ4n) is 4.30. The largest absolute Gasteiger partial charge is 0.456 e. The van der Waals surface area contributed by atoms with Crippen LogP contribution in [0.3, 0.4) is 0 Å². The third-order valence-corrected chi connectivity index (χ3v) is 5.66. The van der Waals surface area contributed by atoms with Gasteiger partial charge in [0, 0.05) is 35.0 Å². The van der Waals surface area contributed by atoms with Crippen LogP contribution in [-0.4, -0.2) is 12.6 Å². The first-order valence-corrected chi connectivity index (χ1v) is 9.81. The molecule has 2 heterocycles. The van der Waals surface area contributed by atoms with Gasteiger partial charge in [0.2, 0.25) is 0 Å². The molecule has 2 N–H and O–H groups in total. The van der Waals surface area contributed by atoms with Crippen molar-refractivity contribution in [1.82, 2.24) is 10.6 Å². The monoisotopic (exact) mass is 356 g/mol. The quantitative estimate of drug-likeness (QED) is 0.530. The number of nitrogens with one attached hydrogen (secondary N) is 2. The van der Waals surface area contributed by atoms with Gasteiger partial charge < -0.3 is 15.1 Å². The number of fused-ring (bicyclic) bond motifs is 3. The Kier molecular flexibility index (Phi) is 4.40. The Morgan fingerprint density at radius 1 is 0.889 bits per heavy atom. The lowest BCUT2D eigenvalue weighted by molar-refractivity contribution is 0.304. The van der Waals surface area contributed by atoms with E-state index in [1.807, 2.05) is 12.1 Å². The van der Waals surface area contributed by atoms with E-state index in [-0.39, 0.29) is 0 Å². The molecule has 2 atom stereocenters. The highest BCUT2D eigenvalue weighted by atomic mass is 16.3. The van der Waals surface area contributed by atoms with Crippen molar-refractivity contribution in [1.29, 1.82) is 0 Å². The molecule has 0 saturated carbocycles. The van der Waals surface area contributed by atoms with E-state index in [1.165, 1.54) is 34.7 Å². The predicted molar refractivity (Wildman–Crippen MR) is 111 cm³/mol. The number of furan rings is 1. The first-order valence-electron chi connectivity index (χ1n) is 9.81. The maximum Gasteiger partial charge on any atom is 0.139 e. The molecule has 2 unspecified atom stereocenters. The van der Waals surface area contributed by atoms with Crippen LogP contribution in [0, 0.1) is 0 Å². The Bertz CT molecular complexity index is 1050. The van der Waals surface area contributed by atoms with E-state index < -0.39 is 0 Å². The summed E-state index contributed by atoms with van der Waals surface area (Å²) in [5.41, 5.74) is 4.55. The van der Waals surface area contributed by atoms with Crippen LogP contribution in [0.5, 0.6) is 0 Å². The summed E-state index contributed by atoms with van der Waals surface area (Å²) in [6.07, 6.45) is 2.39. The van der Waals surface area contributed by atoms with E-state index in [0.717, 1.165) is 24.3 Å². The van der Waals surface area contributed by atoms with Crippen LogP contribution in [0.25, 0.3) is 21.9 Å². The number of piperidine rings is 1. The van der Waals surface area contributed by atoms with Crippen LogP contribution in [0.15, 0.2) is 77.2 Å². The molecule has 1 aromatic heterocycles. The summed E-state index contributed by atoms with van der Waals surface area (Å²) in [6.45, 7) is 1.89. The van der Waals surface area contributed by atoms with E-state index >= 15 is 0 Å². The lowest BCUT2D eigenvalue weighted by Gasteiger charge is -2.34. The van der Waals surface area contributed by atoms with E-state index in [0.29, 0.717) is 12.1 Å². The number of benzene rings is 3. The maximum absolute atomic E-state index is 6.18. The molecule has 0 spiro atoms. The van der Waals surface area contributed by atoms with Gasteiger partial charge in [-0.15, -0.1) is 0 Å². The van der Waals surface area contributed by atoms with Crippen LogP contribution < -0.4 is 10.6 Å². The average Bonchev–Trinajstić information content (AvgIpc) is 3.12. The smallest absolute Gasteiger partial charge is 0.139 e. The predicted octanol–water partition coefficient (Wildman–Crippen LogP) is 5.17. The van der Waals surface area contributed by atoms with Gasteiger partial charge in [-0.1, -0.05) is 66.7 Å². The third-order valence-electron chi connectivity index (χ3n) is 5.66. The fraction of sp³-hybridized carbons (Fsp3) is 0.250. The van der Waals surface area contributed by atoms with E-state index in [9.17, 15) is 0 Å². The van der Waals surface area contributed by atoms with Crippen LogP contribution in [0.1, 0.15) is 30.0 Å². The van der Waals surface area contributed by atoms with E-state index in [1.54, 1.807) is 0 Å². The van der Waals surface area contributed by atoms with Gasteiger partial charge in [-0.3, -0.25) is 0 Å². The van der Waals surface area contributed by atoms with Gasteiger partial charge in [0.25, 0.3) is 0 Å². The van der Waals surface area contributed by atoms with Crippen LogP contribution in [-0.2, 0) is 6.54 Å². The molecule has 0 bridgehead atoms. The molecule has 0 amide bonds. The lowest BCUT2D eigenvalue weighted by Crippen LogP contribution is -2.45. The molecule has 0 aliphatic carbocycles. The molecule has 3 heteroatoms. The number of rotatable bonds is 4. The first kappa shape index (κ1) is 16.5. The molecule has 1 saturated heterocycles. The Hall–Kier alpha value is -2.62. The van der Waals surface area contributed by atoms with Gasteiger partial charge in [0.15, 0.2) is 0 Å². The average molecular weight is 356 g/mol. The molecular formula is C24H24N2O. The maximum atomic E-state index is 6.18. The summed E-state index contributed by atoms with van der Waals surface area (Å²) < 4.78 is 6.18. The van der Waals surface area contributed by atoms with Crippen LogP contribution in [0.2, 0.25) is 0 Å². The molecule has 1 aliphatic heterocycles. The van der Waals surface area contributed by atoms with Crippen molar-refractivity contribution in [3.63, 3.8) is 0 Å². The summed E-state index contributed by atoms with van der Waals surface area (Å²) in [6, 6.07) is 26.3. The van der Waals surface area contributed by atoms with Gasteiger partial charge >= 0.3 is 0 Å². The summed E-state index contributed by atoms with van der Waals surface area (Å²) in [5.74, 6) is 0. The summed E-state index contributed by atoms with van der Waals surface area (Å²) >= 11 is 0. The second-order valence-corrected chi connectivity index (χ2v) is 7.36. The zero-order chi connectivity index (χ0) is 18.1. The first-order chi connectivity index (χ1) is 13.4. The highest BCUT2D eigenvalue weighted by molar-refractivity contribution is 6.05. The lowest BCUT2D eigenvalue weighted by atomic mass is 9.92. The molecule has 1 aliphatic rings. The van der Waals surface area contributed by atoms with Crippen LogP contribution in [0.4, 0.5) is 0 Å². The molecular weight excluding hydrogens is 332 g/mol. The molecule has 3 nitrogen and oxygen atoms in total. The van der Waals surface area contributed by atoms with Gasteiger partial charge in [0.1, 0.15) is 11.2 Å². The third kappa shape index (κ3) is 3.14. The van der Waals surface area contributed by atoms with Gasteiger partial charge in [0.05, 0.1) is 0 Å². The zero-order valence-corrected chi connectivity index (χ0v) is 15.3. The fourth-order valence-corrected chi connectivity index (χ4v) is 4.30. The summed E-state index contributed by atoms with van der Waals surface area (Å²) in [5, 5.41) is 9.89. The van der Waals surface area contributed by atoms with Gasteiger partial charge in [-0.2, -0.15) is 0 Å². The molecule has 136 valence electrons. The molecule has 4 aromatic rings. The Morgan fingerprint density at radius 2 is 1.70 bits per heavy atom. The van der Waals surface area contributed by atoms with E-state index in [2.05, 4.69) is 71.3 Å². The Balaban J connectivity index is 1.42. The van der Waals surface area contributed by atoms with Crippen molar-refractivity contribution in [2.24, 2.45) is 0 Å². The minimum atomic E-state index is 0.356. The topological polar surface area (TPSA) is 37.2 Å². The molecule has 27 heavy (non-hydrogen) atoms. The number of hydrogen-bond acceptors (Lipinski definition) is 3. The minimum Gasteiger partial charge on any atom is -0.456 e. The number of para-hydroxylation sites is 2. The molecule has 0 radical (unpaired) electrons. The molecule has 1 fully saturated rings. The Labute approximate surface area is 159 Å². The normalized spacial score (nSPS) is 20.3.